The summed E-state index contributed by atoms with van der Waals surface area (Å²) in [7, 11) is 0. The molecule has 0 fully saturated rings. The quantitative estimate of drug-likeness (QED) is 0.874. The molecule has 0 bridgehead atoms. The molecule has 20 heavy (non-hydrogen) atoms. The van der Waals surface area contributed by atoms with Crippen molar-refractivity contribution in [3.05, 3.63) is 59.2 Å². The van der Waals surface area contributed by atoms with E-state index in [0.717, 1.165) is 24.3 Å². The molecule has 0 radical (unpaired) electrons. The van der Waals surface area contributed by atoms with Crippen LogP contribution in [0.4, 0.5) is 0 Å². The molecule has 2 aromatic rings. The van der Waals surface area contributed by atoms with Gasteiger partial charge < -0.3 is 10.5 Å². The van der Waals surface area contributed by atoms with Crippen LogP contribution in [0.2, 0.25) is 0 Å². The Morgan fingerprint density at radius 1 is 1.00 bits per heavy atom. The molecule has 0 aliphatic carbocycles. The molecule has 1 unspecified atom stereocenters. The van der Waals surface area contributed by atoms with Crippen LogP contribution in [-0.4, -0.2) is 6.04 Å². The Morgan fingerprint density at radius 3 is 2.25 bits per heavy atom. The molecule has 2 N–H and O–H groups in total. The summed E-state index contributed by atoms with van der Waals surface area (Å²) >= 11 is 0. The van der Waals surface area contributed by atoms with Crippen LogP contribution < -0.4 is 10.5 Å². The van der Waals surface area contributed by atoms with Gasteiger partial charge >= 0.3 is 0 Å². The fourth-order valence-electron chi connectivity index (χ4n) is 2.13. The second kappa shape index (κ2) is 6.58. The number of hydrogen-bond acceptors (Lipinski definition) is 2. The van der Waals surface area contributed by atoms with Crippen molar-refractivity contribution in [1.29, 1.82) is 0 Å². The molecule has 0 aliphatic rings. The lowest BCUT2D eigenvalue weighted by Crippen LogP contribution is -2.21. The lowest BCUT2D eigenvalue weighted by atomic mass is 10.00. The van der Waals surface area contributed by atoms with Crippen LogP contribution >= 0.6 is 0 Å². The zero-order chi connectivity index (χ0) is 14.5. The van der Waals surface area contributed by atoms with Gasteiger partial charge in [0.15, 0.2) is 0 Å². The van der Waals surface area contributed by atoms with Crippen molar-refractivity contribution in [2.45, 2.75) is 39.7 Å². The predicted octanol–water partition coefficient (Wildman–Crippen LogP) is 4.38. The van der Waals surface area contributed by atoms with E-state index in [0.29, 0.717) is 0 Å². The van der Waals surface area contributed by atoms with E-state index in [1.54, 1.807) is 0 Å². The van der Waals surface area contributed by atoms with Crippen LogP contribution in [0, 0.1) is 13.8 Å². The highest BCUT2D eigenvalue weighted by Crippen LogP contribution is 2.24. The minimum absolute atomic E-state index is 0.234. The highest BCUT2D eigenvalue weighted by molar-refractivity contribution is 5.38. The Hall–Kier alpha value is -1.80. The van der Waals surface area contributed by atoms with Gasteiger partial charge in [0.2, 0.25) is 0 Å². The highest BCUT2D eigenvalue weighted by atomic mass is 16.5. The van der Waals surface area contributed by atoms with Crippen molar-refractivity contribution < 1.29 is 4.74 Å². The smallest absolute Gasteiger partial charge is 0.127 e. The van der Waals surface area contributed by atoms with Crippen molar-refractivity contribution in [3.8, 4) is 11.5 Å². The molecular formula is C18H23NO. The third-order valence-corrected chi connectivity index (χ3v) is 3.58. The molecule has 0 spiro atoms. The van der Waals surface area contributed by atoms with Crippen molar-refractivity contribution in [2.75, 3.05) is 0 Å². The lowest BCUT2D eigenvalue weighted by Gasteiger charge is -2.13. The van der Waals surface area contributed by atoms with Gasteiger partial charge in [-0.05, 0) is 62.1 Å². The summed E-state index contributed by atoms with van der Waals surface area (Å²) < 4.78 is 5.87. The normalized spacial score (nSPS) is 12.2. The van der Waals surface area contributed by atoms with Crippen LogP contribution in [0.5, 0.6) is 11.5 Å². The van der Waals surface area contributed by atoms with Gasteiger partial charge in [0, 0.05) is 6.04 Å². The summed E-state index contributed by atoms with van der Waals surface area (Å²) in [4.78, 5) is 0. The molecule has 2 aromatic carbocycles. The summed E-state index contributed by atoms with van der Waals surface area (Å²) in [6.45, 7) is 6.30. The van der Waals surface area contributed by atoms with E-state index in [1.807, 2.05) is 18.2 Å². The first-order valence-corrected chi connectivity index (χ1v) is 7.18. The average molecular weight is 269 g/mol. The van der Waals surface area contributed by atoms with Gasteiger partial charge in [0.25, 0.3) is 0 Å². The van der Waals surface area contributed by atoms with Gasteiger partial charge in [0.05, 0.1) is 0 Å². The van der Waals surface area contributed by atoms with E-state index in [-0.39, 0.29) is 6.04 Å². The van der Waals surface area contributed by atoms with E-state index in [4.69, 9.17) is 10.5 Å². The molecular weight excluding hydrogens is 246 g/mol. The standard InChI is InChI=1S/C18H23NO/c1-4-16(19)12-15-7-10-18(11-14(15)3)20-17-8-5-13(2)6-9-17/h5-11,16H,4,12,19H2,1-3H3. The summed E-state index contributed by atoms with van der Waals surface area (Å²) in [6, 6.07) is 14.5. The monoisotopic (exact) mass is 269 g/mol. The number of ether oxygens (including phenoxy) is 1. The molecule has 0 aromatic heterocycles. The lowest BCUT2D eigenvalue weighted by molar-refractivity contribution is 0.481. The van der Waals surface area contributed by atoms with E-state index >= 15 is 0 Å². The fourth-order valence-corrected chi connectivity index (χ4v) is 2.13. The van der Waals surface area contributed by atoms with Gasteiger partial charge in [0.1, 0.15) is 11.5 Å². The Bertz CT molecular complexity index is 560. The van der Waals surface area contributed by atoms with Crippen LogP contribution in [-0.2, 0) is 6.42 Å². The highest BCUT2D eigenvalue weighted by Gasteiger charge is 2.06. The Kier molecular flexibility index (Phi) is 4.80. The number of hydrogen-bond donors (Lipinski definition) is 1. The maximum Gasteiger partial charge on any atom is 0.127 e. The van der Waals surface area contributed by atoms with Gasteiger partial charge in [-0.3, -0.25) is 0 Å². The molecule has 0 aliphatic heterocycles. The topological polar surface area (TPSA) is 35.2 Å². The van der Waals surface area contributed by atoms with Crippen molar-refractivity contribution >= 4 is 0 Å². The maximum atomic E-state index is 6.02. The average Bonchev–Trinajstić information content (AvgIpc) is 2.44. The second-order valence-electron chi connectivity index (χ2n) is 5.38. The zero-order valence-corrected chi connectivity index (χ0v) is 12.5. The van der Waals surface area contributed by atoms with Crippen LogP contribution in [0.3, 0.4) is 0 Å². The third kappa shape index (κ3) is 3.84. The van der Waals surface area contributed by atoms with Crippen LogP contribution in [0.15, 0.2) is 42.5 Å². The Balaban J connectivity index is 2.10. The summed E-state index contributed by atoms with van der Waals surface area (Å²) in [5.41, 5.74) is 9.79. The molecule has 0 saturated heterocycles. The number of nitrogens with two attached hydrogens (primary N) is 1. The molecule has 106 valence electrons. The zero-order valence-electron chi connectivity index (χ0n) is 12.5. The van der Waals surface area contributed by atoms with Gasteiger partial charge in [-0.15, -0.1) is 0 Å². The fraction of sp³-hybridized carbons (Fsp3) is 0.333. The van der Waals surface area contributed by atoms with E-state index < -0.39 is 0 Å². The first kappa shape index (κ1) is 14.6. The molecule has 2 heteroatoms. The van der Waals surface area contributed by atoms with E-state index in [2.05, 4.69) is 45.0 Å². The van der Waals surface area contributed by atoms with Gasteiger partial charge in [-0.2, -0.15) is 0 Å². The number of aryl methyl sites for hydroxylation is 2. The maximum absolute atomic E-state index is 6.02. The largest absolute Gasteiger partial charge is 0.457 e. The van der Waals surface area contributed by atoms with Crippen LogP contribution in [0.1, 0.15) is 30.0 Å². The molecule has 0 heterocycles. The molecule has 1 atom stereocenters. The molecule has 0 amide bonds. The van der Waals surface area contributed by atoms with Crippen LogP contribution in [0.25, 0.3) is 0 Å². The third-order valence-electron chi connectivity index (χ3n) is 3.58. The minimum Gasteiger partial charge on any atom is -0.457 e. The van der Waals surface area contributed by atoms with E-state index in [1.165, 1.54) is 16.7 Å². The van der Waals surface area contributed by atoms with E-state index in [9.17, 15) is 0 Å². The Labute approximate surface area is 121 Å². The molecule has 2 rings (SSSR count). The molecule has 0 saturated carbocycles. The minimum atomic E-state index is 0.234. The first-order valence-electron chi connectivity index (χ1n) is 7.18. The summed E-state index contributed by atoms with van der Waals surface area (Å²) in [5.74, 6) is 1.74. The number of rotatable bonds is 5. The van der Waals surface area contributed by atoms with Crippen molar-refractivity contribution in [1.82, 2.24) is 0 Å². The SMILES string of the molecule is CCC(N)Cc1ccc(Oc2ccc(C)cc2)cc1C. The number of benzene rings is 2. The first-order chi connectivity index (χ1) is 9.58. The summed E-state index contributed by atoms with van der Waals surface area (Å²) in [5, 5.41) is 0. The van der Waals surface area contributed by atoms with Crippen molar-refractivity contribution in [3.63, 3.8) is 0 Å². The molecule has 2 nitrogen and oxygen atoms in total. The van der Waals surface area contributed by atoms with Gasteiger partial charge in [-0.25, -0.2) is 0 Å². The van der Waals surface area contributed by atoms with Crippen molar-refractivity contribution in [2.24, 2.45) is 5.73 Å². The van der Waals surface area contributed by atoms with Gasteiger partial charge in [-0.1, -0.05) is 30.7 Å². The predicted molar refractivity (Wildman–Crippen MR) is 84.4 cm³/mol. The second-order valence-corrected chi connectivity index (χ2v) is 5.38. The summed E-state index contributed by atoms with van der Waals surface area (Å²) in [6.07, 6.45) is 1.92. The Morgan fingerprint density at radius 2 is 1.65 bits per heavy atom.